The van der Waals surface area contributed by atoms with Crippen LogP contribution in [-0.4, -0.2) is 4.57 Å². The molecule has 7 heteroatoms. The number of benzene rings is 2. The first-order valence-corrected chi connectivity index (χ1v) is 16.6. The number of halogens is 4. The molecule has 0 N–H and O–H groups in total. The van der Waals surface area contributed by atoms with Gasteiger partial charge in [0.25, 0.3) is 0 Å². The van der Waals surface area contributed by atoms with Crippen molar-refractivity contribution in [2.24, 2.45) is 7.05 Å². The van der Waals surface area contributed by atoms with E-state index >= 15 is 0 Å². The number of fused-ring (bicyclic) bond motifs is 4. The maximum absolute atomic E-state index is 6.35. The average Bonchev–Trinajstić information content (AvgIpc) is 3.30. The summed E-state index contributed by atoms with van der Waals surface area (Å²) in [4.78, 5) is 0. The molecule has 0 saturated heterocycles. The monoisotopic (exact) mass is 645 g/mol. The van der Waals surface area contributed by atoms with Gasteiger partial charge >= 0.3 is 189 Å². The van der Waals surface area contributed by atoms with E-state index in [-0.39, 0.29) is 24.8 Å². The predicted molar refractivity (Wildman–Crippen MR) is 121 cm³/mol. The number of aromatic nitrogens is 1. The minimum atomic E-state index is -2.34. The van der Waals surface area contributed by atoms with Crippen molar-refractivity contribution in [3.8, 4) is 0 Å². The number of aryl methyl sites for hydroxylation is 1. The van der Waals surface area contributed by atoms with E-state index in [0.717, 1.165) is 10.9 Å². The zero-order valence-corrected chi connectivity index (χ0v) is 23.7. The second kappa shape index (κ2) is 8.92. The summed E-state index contributed by atoms with van der Waals surface area (Å²) in [6.45, 7) is 2.22. The van der Waals surface area contributed by atoms with Crippen LogP contribution in [0.5, 0.6) is 0 Å². The van der Waals surface area contributed by atoms with Gasteiger partial charge in [-0.05, 0) is 0 Å². The maximum Gasteiger partial charge on any atom is -1.00 e. The number of hydrogen-bond donors (Lipinski definition) is 0. The molecule has 1 heterocycles. The molecule has 5 rings (SSSR count). The second-order valence-electron chi connectivity index (χ2n) is 7.35. The van der Waals surface area contributed by atoms with E-state index in [2.05, 4.69) is 99.0 Å². The van der Waals surface area contributed by atoms with Crippen LogP contribution in [-0.2, 0) is 33.2 Å². The van der Waals surface area contributed by atoms with Gasteiger partial charge in [-0.3, -0.25) is 0 Å². The molecule has 1 unspecified atom stereocenters. The Kier molecular flexibility index (Phi) is 7.31. The van der Waals surface area contributed by atoms with E-state index in [1.54, 1.807) is 0 Å². The van der Waals surface area contributed by atoms with E-state index < -0.39 is 19.7 Å². The molecular formula is C22H17Br2Cl2NSZr. The number of nitrogens with zero attached hydrogens (tertiary/aromatic N) is 1. The Bertz CT molecular complexity index is 1230. The molecule has 0 aliphatic heterocycles. The molecule has 2 aliphatic carbocycles. The van der Waals surface area contributed by atoms with Crippen LogP contribution < -0.4 is 28.1 Å². The van der Waals surface area contributed by atoms with Gasteiger partial charge in [-0.25, -0.2) is 0 Å². The number of rotatable bonds is 2. The van der Waals surface area contributed by atoms with Crippen LogP contribution in [0.3, 0.4) is 0 Å². The summed E-state index contributed by atoms with van der Waals surface area (Å²) in [5.74, 6) is 0. The number of hydrogen-bond acceptors (Lipinski definition) is 1. The van der Waals surface area contributed by atoms with Crippen molar-refractivity contribution in [1.29, 1.82) is 0 Å². The van der Waals surface area contributed by atoms with Crippen molar-refractivity contribution in [2.75, 3.05) is 0 Å². The van der Waals surface area contributed by atoms with Gasteiger partial charge in [0.1, 0.15) is 0 Å². The molecule has 1 nitrogen and oxygen atoms in total. The smallest absolute Gasteiger partial charge is 1.00 e. The van der Waals surface area contributed by atoms with Crippen molar-refractivity contribution >= 4 is 67.0 Å². The molecule has 0 saturated carbocycles. The first kappa shape index (κ1) is 23.8. The summed E-state index contributed by atoms with van der Waals surface area (Å²) in [6.07, 6.45) is 8.08. The van der Waals surface area contributed by atoms with Gasteiger partial charge in [0, 0.05) is 0 Å². The molecule has 0 amide bonds. The zero-order valence-electron chi connectivity index (χ0n) is 15.8. The topological polar surface area (TPSA) is 4.93 Å². The summed E-state index contributed by atoms with van der Waals surface area (Å²) >= 11 is 5.14. The van der Waals surface area contributed by atoms with Gasteiger partial charge in [0.15, 0.2) is 0 Å². The van der Waals surface area contributed by atoms with Crippen molar-refractivity contribution in [2.45, 2.75) is 17.0 Å². The fourth-order valence-corrected chi connectivity index (χ4v) is 12.5. The van der Waals surface area contributed by atoms with Crippen LogP contribution in [0, 0.1) is 0 Å². The second-order valence-corrected chi connectivity index (χ2v) is 16.3. The molecule has 29 heavy (non-hydrogen) atoms. The predicted octanol–water partition coefficient (Wildman–Crippen LogP) is 0.795. The molecular weight excluding hydrogens is 632 g/mol. The average molecular weight is 649 g/mol. The Balaban J connectivity index is 0.00000120. The molecule has 1 atom stereocenters. The minimum absolute atomic E-state index is 0. The zero-order chi connectivity index (χ0) is 18.9. The standard InChI is InChI=1S/C12H9BrN.C10H8Br.2ClH.S.Zr/c1-14-11-7-3-4-8(11)9-5-2-6-10(13)12(9)14;1-7-5-8-3-2-4-10(11)9(8)6-7;;;;/h2-7H,1H3;2,4-5H,6H2,1H3;2*1H;;/q;;;;;+2/p-2. The van der Waals surface area contributed by atoms with Gasteiger partial charge in [-0.15, -0.1) is 0 Å². The van der Waals surface area contributed by atoms with E-state index in [1.165, 1.54) is 46.6 Å². The van der Waals surface area contributed by atoms with E-state index in [1.807, 2.05) is 0 Å². The molecule has 0 radical (unpaired) electrons. The molecule has 0 spiro atoms. The van der Waals surface area contributed by atoms with Gasteiger partial charge in [0.05, 0.1) is 0 Å². The fourth-order valence-electron chi connectivity index (χ4n) is 4.48. The first-order chi connectivity index (χ1) is 13.0. The Morgan fingerprint density at radius 3 is 2.62 bits per heavy atom. The van der Waals surface area contributed by atoms with Gasteiger partial charge in [-0.2, -0.15) is 0 Å². The van der Waals surface area contributed by atoms with Crippen molar-refractivity contribution < 1.29 is 44.5 Å². The van der Waals surface area contributed by atoms with Crippen molar-refractivity contribution in [1.82, 2.24) is 4.57 Å². The van der Waals surface area contributed by atoms with E-state index in [9.17, 15) is 0 Å². The minimum Gasteiger partial charge on any atom is -1.00 e. The summed E-state index contributed by atoms with van der Waals surface area (Å²) in [7, 11) is 8.51. The van der Waals surface area contributed by atoms with Crippen LogP contribution in [0.25, 0.3) is 23.1 Å². The Morgan fingerprint density at radius 2 is 1.86 bits per heavy atom. The molecule has 0 bridgehead atoms. The maximum atomic E-state index is 6.35. The van der Waals surface area contributed by atoms with E-state index in [4.69, 9.17) is 8.86 Å². The van der Waals surface area contributed by atoms with Gasteiger partial charge in [0.2, 0.25) is 0 Å². The molecule has 2 aromatic carbocycles. The largest absolute Gasteiger partial charge is 1.00 e. The fraction of sp³-hybridized carbons (Fsp3) is 0.182. The first-order valence-electron chi connectivity index (χ1n) is 8.95. The van der Waals surface area contributed by atoms with Gasteiger partial charge < -0.3 is 24.8 Å². The third-order valence-electron chi connectivity index (χ3n) is 5.70. The third kappa shape index (κ3) is 3.68. The molecule has 1 aromatic heterocycles. The number of para-hydroxylation sites is 1. The van der Waals surface area contributed by atoms with Crippen LogP contribution >= 0.6 is 40.7 Å². The molecule has 3 aromatic rings. The van der Waals surface area contributed by atoms with E-state index in [0.29, 0.717) is 3.63 Å². The summed E-state index contributed by atoms with van der Waals surface area (Å²) in [6, 6.07) is 11.0. The van der Waals surface area contributed by atoms with Crippen LogP contribution in [0.4, 0.5) is 0 Å². The summed E-state index contributed by atoms with van der Waals surface area (Å²) in [5.41, 5.74) is 8.32. The third-order valence-corrected chi connectivity index (χ3v) is 14.8. The Morgan fingerprint density at radius 1 is 1.10 bits per heavy atom. The quantitative estimate of drug-likeness (QED) is 0.398. The molecule has 0 fully saturated rings. The van der Waals surface area contributed by atoms with Crippen molar-refractivity contribution in [3.05, 3.63) is 73.3 Å². The Labute approximate surface area is 211 Å². The summed E-state index contributed by atoms with van der Waals surface area (Å²) in [5, 5.41) is 1.35. The molecule has 2 aliphatic rings. The molecule has 148 valence electrons. The SMILES string of the molecule is CC1=Cc2[c]([Zr+2](=[S])[CH]3C=Cc4c3c3cccc(Br)c3n4C)ccc(Br)c2C1.[Cl-].[Cl-]. The normalized spacial score (nSPS) is 15.8. The van der Waals surface area contributed by atoms with Crippen LogP contribution in [0.2, 0.25) is 0 Å². The summed E-state index contributed by atoms with van der Waals surface area (Å²) < 4.78 is 6.57. The Hall–Kier alpha value is 0.103. The van der Waals surface area contributed by atoms with Crippen LogP contribution in [0.15, 0.2) is 50.9 Å². The van der Waals surface area contributed by atoms with Crippen molar-refractivity contribution in [3.63, 3.8) is 0 Å². The van der Waals surface area contributed by atoms with Crippen LogP contribution in [0.1, 0.15) is 32.9 Å². The van der Waals surface area contributed by atoms with Gasteiger partial charge in [-0.1, -0.05) is 0 Å². The number of allylic oxidation sites excluding steroid dienone is 2.